The standard InChI is InChI=1S/C12H16BrFN2O2S.ClH/c1-16(10-4-6-15-7-5-10)19(17,18)12-3-2-9(14)8-11(12)13;/h2-3,8,10,15H,4-7H2,1H3;1H. The van der Waals surface area contributed by atoms with Gasteiger partial charge in [0, 0.05) is 17.6 Å². The highest BCUT2D eigenvalue weighted by molar-refractivity contribution is 9.10. The predicted molar refractivity (Wildman–Crippen MR) is 82.2 cm³/mol. The van der Waals surface area contributed by atoms with Crippen molar-refractivity contribution < 1.29 is 12.8 Å². The highest BCUT2D eigenvalue weighted by atomic mass is 79.9. The van der Waals surface area contributed by atoms with Crippen LogP contribution in [0.5, 0.6) is 0 Å². The molecular weight excluding hydrogens is 371 g/mol. The molecular formula is C12H17BrClFN2O2S. The summed E-state index contributed by atoms with van der Waals surface area (Å²) in [4.78, 5) is 0.106. The summed E-state index contributed by atoms with van der Waals surface area (Å²) in [6.07, 6.45) is 1.57. The van der Waals surface area contributed by atoms with Crippen LogP contribution in [0, 0.1) is 5.82 Å². The van der Waals surface area contributed by atoms with Crippen LogP contribution in [0.15, 0.2) is 27.6 Å². The molecule has 8 heteroatoms. The lowest BCUT2D eigenvalue weighted by Gasteiger charge is -2.31. The zero-order valence-corrected chi connectivity index (χ0v) is 14.2. The normalized spacial score (nSPS) is 17.0. The summed E-state index contributed by atoms with van der Waals surface area (Å²) in [6, 6.07) is 3.62. The number of piperidine rings is 1. The molecule has 114 valence electrons. The number of halogens is 3. The molecule has 1 N–H and O–H groups in total. The summed E-state index contributed by atoms with van der Waals surface area (Å²) in [5, 5.41) is 3.20. The third-order valence-corrected chi connectivity index (χ3v) is 6.26. The van der Waals surface area contributed by atoms with Crippen LogP contribution in [-0.4, -0.2) is 38.9 Å². The van der Waals surface area contributed by atoms with Crippen molar-refractivity contribution in [2.45, 2.75) is 23.8 Å². The van der Waals surface area contributed by atoms with Gasteiger partial charge in [-0.3, -0.25) is 0 Å². The molecule has 0 amide bonds. The number of hydrogen-bond acceptors (Lipinski definition) is 3. The molecule has 0 atom stereocenters. The van der Waals surface area contributed by atoms with E-state index in [2.05, 4.69) is 21.2 Å². The second kappa shape index (κ2) is 7.17. The number of nitrogens with one attached hydrogen (secondary N) is 1. The van der Waals surface area contributed by atoms with Crippen LogP contribution in [0.1, 0.15) is 12.8 Å². The van der Waals surface area contributed by atoms with Crippen molar-refractivity contribution >= 4 is 38.4 Å². The number of rotatable bonds is 3. The summed E-state index contributed by atoms with van der Waals surface area (Å²) in [5.74, 6) is -0.463. The molecule has 0 radical (unpaired) electrons. The van der Waals surface area contributed by atoms with Crippen LogP contribution in [0.3, 0.4) is 0 Å². The van der Waals surface area contributed by atoms with Crippen molar-refractivity contribution in [2.24, 2.45) is 0 Å². The Hall–Kier alpha value is -0.210. The van der Waals surface area contributed by atoms with E-state index in [1.165, 1.54) is 16.4 Å². The summed E-state index contributed by atoms with van der Waals surface area (Å²) >= 11 is 3.12. The van der Waals surface area contributed by atoms with Gasteiger partial charge < -0.3 is 5.32 Å². The Kier molecular flexibility index (Phi) is 6.40. The number of hydrogen-bond donors (Lipinski definition) is 1. The van der Waals surface area contributed by atoms with Crippen LogP contribution in [0.2, 0.25) is 0 Å². The Bertz CT molecular complexity index is 565. The minimum atomic E-state index is -3.59. The molecule has 0 unspecified atom stereocenters. The van der Waals surface area contributed by atoms with Gasteiger partial charge in [0.2, 0.25) is 10.0 Å². The quantitative estimate of drug-likeness (QED) is 0.866. The van der Waals surface area contributed by atoms with Crippen LogP contribution >= 0.6 is 28.3 Å². The fraction of sp³-hybridized carbons (Fsp3) is 0.500. The maximum atomic E-state index is 13.0. The van der Waals surface area contributed by atoms with Gasteiger partial charge in [0.25, 0.3) is 0 Å². The smallest absolute Gasteiger partial charge is 0.244 e. The average molecular weight is 388 g/mol. The van der Waals surface area contributed by atoms with E-state index < -0.39 is 15.8 Å². The summed E-state index contributed by atoms with van der Waals surface area (Å²) in [7, 11) is -2.01. The van der Waals surface area contributed by atoms with Gasteiger partial charge in [0.05, 0.1) is 4.90 Å². The number of nitrogens with zero attached hydrogens (tertiary/aromatic N) is 1. The fourth-order valence-corrected chi connectivity index (χ4v) is 4.63. The van der Waals surface area contributed by atoms with Crippen molar-refractivity contribution in [2.75, 3.05) is 20.1 Å². The minimum absolute atomic E-state index is 0. The highest BCUT2D eigenvalue weighted by Crippen LogP contribution is 2.27. The molecule has 0 spiro atoms. The number of benzene rings is 1. The Balaban J connectivity index is 0.00000200. The average Bonchev–Trinajstić information content (AvgIpc) is 2.38. The molecule has 0 aromatic heterocycles. The molecule has 2 rings (SSSR count). The first kappa shape index (κ1) is 17.8. The first-order chi connectivity index (χ1) is 8.93. The van der Waals surface area contributed by atoms with Crippen LogP contribution in [0.4, 0.5) is 4.39 Å². The monoisotopic (exact) mass is 386 g/mol. The molecule has 1 heterocycles. The summed E-state index contributed by atoms with van der Waals surface area (Å²) in [6.45, 7) is 1.63. The van der Waals surface area contributed by atoms with E-state index in [9.17, 15) is 12.8 Å². The van der Waals surface area contributed by atoms with Crippen molar-refractivity contribution in [3.63, 3.8) is 0 Å². The van der Waals surface area contributed by atoms with Crippen molar-refractivity contribution in [3.8, 4) is 0 Å². The molecule has 1 fully saturated rings. The van der Waals surface area contributed by atoms with E-state index in [-0.39, 0.29) is 27.8 Å². The van der Waals surface area contributed by atoms with Gasteiger partial charge in [-0.25, -0.2) is 12.8 Å². The van der Waals surface area contributed by atoms with Crippen molar-refractivity contribution in [3.05, 3.63) is 28.5 Å². The summed E-state index contributed by atoms with van der Waals surface area (Å²) < 4.78 is 39.7. The first-order valence-electron chi connectivity index (χ1n) is 6.07. The minimum Gasteiger partial charge on any atom is -0.317 e. The van der Waals surface area contributed by atoms with Gasteiger partial charge in [0.1, 0.15) is 5.82 Å². The second-order valence-electron chi connectivity index (χ2n) is 4.58. The Labute approximate surface area is 133 Å². The van der Waals surface area contributed by atoms with E-state index in [1.807, 2.05) is 0 Å². The van der Waals surface area contributed by atoms with Crippen LogP contribution in [0.25, 0.3) is 0 Å². The third-order valence-electron chi connectivity index (χ3n) is 3.37. The van der Waals surface area contributed by atoms with Crippen molar-refractivity contribution in [1.82, 2.24) is 9.62 Å². The maximum absolute atomic E-state index is 13.0. The van der Waals surface area contributed by atoms with E-state index in [4.69, 9.17) is 0 Å². The van der Waals surface area contributed by atoms with E-state index in [0.717, 1.165) is 32.0 Å². The Morgan fingerprint density at radius 3 is 2.50 bits per heavy atom. The maximum Gasteiger partial charge on any atom is 0.244 e. The van der Waals surface area contributed by atoms with Gasteiger partial charge >= 0.3 is 0 Å². The first-order valence-corrected chi connectivity index (χ1v) is 8.30. The second-order valence-corrected chi connectivity index (χ2v) is 7.40. The largest absolute Gasteiger partial charge is 0.317 e. The zero-order valence-electron chi connectivity index (χ0n) is 11.0. The van der Waals surface area contributed by atoms with Crippen molar-refractivity contribution in [1.29, 1.82) is 0 Å². The van der Waals surface area contributed by atoms with Crippen LogP contribution < -0.4 is 5.32 Å². The lowest BCUT2D eigenvalue weighted by Crippen LogP contribution is -2.43. The topological polar surface area (TPSA) is 49.4 Å². The van der Waals surface area contributed by atoms with E-state index in [1.54, 1.807) is 7.05 Å². The molecule has 0 bridgehead atoms. The lowest BCUT2D eigenvalue weighted by atomic mass is 10.1. The van der Waals surface area contributed by atoms with Gasteiger partial charge in [-0.15, -0.1) is 12.4 Å². The molecule has 0 saturated carbocycles. The highest BCUT2D eigenvalue weighted by Gasteiger charge is 2.30. The SMILES string of the molecule is CN(C1CCNCC1)S(=O)(=O)c1ccc(F)cc1Br.Cl. The Morgan fingerprint density at radius 2 is 1.95 bits per heavy atom. The molecule has 1 saturated heterocycles. The molecule has 4 nitrogen and oxygen atoms in total. The fourth-order valence-electron chi connectivity index (χ4n) is 2.21. The van der Waals surface area contributed by atoms with Gasteiger partial charge in [-0.1, -0.05) is 0 Å². The molecule has 1 aliphatic heterocycles. The predicted octanol–water partition coefficient (Wildman–Crippen LogP) is 2.38. The number of sulfonamides is 1. The summed E-state index contributed by atoms with van der Waals surface area (Å²) in [5.41, 5.74) is 0. The van der Waals surface area contributed by atoms with Gasteiger partial charge in [0.15, 0.2) is 0 Å². The molecule has 1 aliphatic rings. The zero-order chi connectivity index (χ0) is 14.0. The van der Waals surface area contributed by atoms with Crippen LogP contribution in [-0.2, 0) is 10.0 Å². The van der Waals surface area contributed by atoms with E-state index >= 15 is 0 Å². The molecule has 1 aromatic rings. The van der Waals surface area contributed by atoms with Gasteiger partial charge in [-0.2, -0.15) is 4.31 Å². The molecule has 1 aromatic carbocycles. The molecule has 0 aliphatic carbocycles. The Morgan fingerprint density at radius 1 is 1.35 bits per heavy atom. The lowest BCUT2D eigenvalue weighted by molar-refractivity contribution is 0.296. The molecule has 20 heavy (non-hydrogen) atoms. The third kappa shape index (κ3) is 3.71. The van der Waals surface area contributed by atoms with E-state index in [0.29, 0.717) is 0 Å². The van der Waals surface area contributed by atoms with Gasteiger partial charge in [-0.05, 0) is 60.1 Å².